The van der Waals surface area contributed by atoms with Crippen LogP contribution in [-0.2, 0) is 42.9 Å². The summed E-state index contributed by atoms with van der Waals surface area (Å²) in [7, 11) is 1.26. The molecule has 0 rings (SSSR count). The molecule has 0 N–H and O–H groups in total. The van der Waals surface area contributed by atoms with Gasteiger partial charge in [0, 0.05) is 7.11 Å². The Hall–Kier alpha value is -2.16. The predicted molar refractivity (Wildman–Crippen MR) is 112 cm³/mol. The molecule has 9 nitrogen and oxygen atoms in total. The molecule has 31 heavy (non-hydrogen) atoms. The Bertz CT molecular complexity index is 610. The first kappa shape index (κ1) is 28.8. The molecule has 0 bridgehead atoms. The Morgan fingerprint density at radius 1 is 0.484 bits per heavy atom. The molecule has 0 heterocycles. The summed E-state index contributed by atoms with van der Waals surface area (Å²) in [4.78, 5) is 49.1. The van der Waals surface area contributed by atoms with E-state index in [9.17, 15) is 19.2 Å². The number of ether oxygens (including phenoxy) is 5. The standard InChI is InChI=1S/C22H38O9/c1-11(2)18(23)28-15(9)16(29-19(24)12(3)4)17(30-20(25)13(5)6)22(27-10)31-21(26)14(7)8/h11-17,22H,1-10H3/t15-,16-,17+,22+/m1/s1. The molecule has 0 aromatic rings. The van der Waals surface area contributed by atoms with Crippen LogP contribution in [0.2, 0.25) is 0 Å². The lowest BCUT2D eigenvalue weighted by atomic mass is 10.1. The molecule has 0 aromatic carbocycles. The van der Waals surface area contributed by atoms with E-state index in [1.54, 1.807) is 55.4 Å². The molecular formula is C22H38O9. The quantitative estimate of drug-likeness (QED) is 0.253. The van der Waals surface area contributed by atoms with Crippen molar-refractivity contribution < 1.29 is 42.9 Å². The average molecular weight is 447 g/mol. The number of esters is 4. The molecule has 0 radical (unpaired) electrons. The smallest absolute Gasteiger partial charge is 0.310 e. The second-order valence-electron chi connectivity index (χ2n) is 8.60. The molecular weight excluding hydrogens is 408 g/mol. The van der Waals surface area contributed by atoms with Gasteiger partial charge in [0.15, 0.2) is 6.10 Å². The van der Waals surface area contributed by atoms with Crippen LogP contribution in [-0.4, -0.2) is 55.6 Å². The minimum absolute atomic E-state index is 0.433. The maximum Gasteiger partial charge on any atom is 0.310 e. The lowest BCUT2D eigenvalue weighted by Crippen LogP contribution is -2.52. The SMILES string of the molecule is CO[C@@H](OC(=O)C(C)C)[C@@H](OC(=O)C(C)C)[C@H](OC(=O)C(C)C)[C@@H](C)OC(=O)C(C)C. The molecule has 0 spiro atoms. The van der Waals surface area contributed by atoms with Crippen LogP contribution in [0.4, 0.5) is 0 Å². The first-order chi connectivity index (χ1) is 14.2. The van der Waals surface area contributed by atoms with Gasteiger partial charge in [-0.05, 0) is 6.92 Å². The zero-order chi connectivity index (χ0) is 24.5. The maximum atomic E-state index is 12.4. The van der Waals surface area contributed by atoms with E-state index in [2.05, 4.69) is 0 Å². The van der Waals surface area contributed by atoms with E-state index in [0.29, 0.717) is 0 Å². The highest BCUT2D eigenvalue weighted by atomic mass is 16.7. The second kappa shape index (κ2) is 13.3. The summed E-state index contributed by atoms with van der Waals surface area (Å²) in [6.07, 6.45) is -5.04. The second-order valence-corrected chi connectivity index (χ2v) is 8.60. The summed E-state index contributed by atoms with van der Waals surface area (Å²) in [5.41, 5.74) is 0. The van der Waals surface area contributed by atoms with Crippen molar-refractivity contribution >= 4 is 23.9 Å². The fourth-order valence-electron chi connectivity index (χ4n) is 2.13. The Labute approximate surface area is 185 Å². The largest absolute Gasteiger partial charge is 0.458 e. The molecule has 180 valence electrons. The summed E-state index contributed by atoms with van der Waals surface area (Å²) >= 11 is 0. The summed E-state index contributed by atoms with van der Waals surface area (Å²) in [6.45, 7) is 14.6. The highest BCUT2D eigenvalue weighted by molar-refractivity contribution is 5.74. The molecule has 4 atom stereocenters. The number of carbonyl (C=O) groups excluding carboxylic acids is 4. The third kappa shape index (κ3) is 9.67. The van der Waals surface area contributed by atoms with Crippen LogP contribution in [0.1, 0.15) is 62.3 Å². The van der Waals surface area contributed by atoms with Crippen LogP contribution in [0.15, 0.2) is 0 Å². The summed E-state index contributed by atoms with van der Waals surface area (Å²) in [6, 6.07) is 0. The van der Waals surface area contributed by atoms with Crippen LogP contribution in [0, 0.1) is 23.7 Å². The molecule has 0 aliphatic rings. The minimum Gasteiger partial charge on any atom is -0.458 e. The van der Waals surface area contributed by atoms with Crippen molar-refractivity contribution in [2.24, 2.45) is 23.7 Å². The van der Waals surface area contributed by atoms with Gasteiger partial charge >= 0.3 is 23.9 Å². The van der Waals surface area contributed by atoms with Crippen molar-refractivity contribution in [3.63, 3.8) is 0 Å². The normalized spacial score (nSPS) is 15.4. The van der Waals surface area contributed by atoms with Crippen molar-refractivity contribution in [1.82, 2.24) is 0 Å². The molecule has 0 amide bonds. The molecule has 0 saturated carbocycles. The lowest BCUT2D eigenvalue weighted by molar-refractivity contribution is -0.237. The molecule has 0 unspecified atom stereocenters. The van der Waals surface area contributed by atoms with E-state index in [-0.39, 0.29) is 0 Å². The first-order valence-electron chi connectivity index (χ1n) is 10.6. The zero-order valence-corrected chi connectivity index (χ0v) is 20.3. The van der Waals surface area contributed by atoms with E-state index in [0.717, 1.165) is 0 Å². The highest BCUT2D eigenvalue weighted by Crippen LogP contribution is 2.23. The van der Waals surface area contributed by atoms with Crippen LogP contribution in [0.5, 0.6) is 0 Å². The molecule has 0 aromatic heterocycles. The molecule has 0 aliphatic heterocycles. The van der Waals surface area contributed by atoms with Crippen molar-refractivity contribution in [3.05, 3.63) is 0 Å². The summed E-state index contributed by atoms with van der Waals surface area (Å²) in [5.74, 6) is -4.29. The van der Waals surface area contributed by atoms with Crippen molar-refractivity contribution in [3.8, 4) is 0 Å². The minimum atomic E-state index is -1.39. The predicted octanol–water partition coefficient (Wildman–Crippen LogP) is 2.88. The van der Waals surface area contributed by atoms with Gasteiger partial charge in [0.25, 0.3) is 0 Å². The van der Waals surface area contributed by atoms with Crippen molar-refractivity contribution in [2.45, 2.75) is 86.9 Å². The Morgan fingerprint density at radius 2 is 0.806 bits per heavy atom. The Kier molecular flexibility index (Phi) is 12.4. The van der Waals surface area contributed by atoms with Gasteiger partial charge in [-0.2, -0.15) is 0 Å². The molecule has 9 heteroatoms. The van der Waals surface area contributed by atoms with Crippen LogP contribution in [0.25, 0.3) is 0 Å². The fraction of sp³-hybridized carbons (Fsp3) is 0.818. The highest BCUT2D eigenvalue weighted by Gasteiger charge is 2.44. The van der Waals surface area contributed by atoms with Gasteiger partial charge in [0.2, 0.25) is 12.4 Å². The van der Waals surface area contributed by atoms with Gasteiger partial charge in [0.1, 0.15) is 6.10 Å². The Balaban J connectivity index is 6.17. The van der Waals surface area contributed by atoms with Gasteiger partial charge in [0.05, 0.1) is 23.7 Å². The van der Waals surface area contributed by atoms with Crippen molar-refractivity contribution in [2.75, 3.05) is 7.11 Å². The summed E-state index contributed by atoms with van der Waals surface area (Å²) < 4.78 is 27.2. The van der Waals surface area contributed by atoms with E-state index in [1.807, 2.05) is 0 Å². The van der Waals surface area contributed by atoms with Crippen LogP contribution in [0.3, 0.4) is 0 Å². The number of carbonyl (C=O) groups is 4. The van der Waals surface area contributed by atoms with Gasteiger partial charge in [-0.3, -0.25) is 19.2 Å². The topological polar surface area (TPSA) is 114 Å². The average Bonchev–Trinajstić information content (AvgIpc) is 2.67. The van der Waals surface area contributed by atoms with E-state index in [1.165, 1.54) is 14.0 Å². The monoisotopic (exact) mass is 446 g/mol. The molecule has 0 fully saturated rings. The van der Waals surface area contributed by atoms with Crippen LogP contribution >= 0.6 is 0 Å². The van der Waals surface area contributed by atoms with Gasteiger partial charge in [-0.25, -0.2) is 0 Å². The van der Waals surface area contributed by atoms with Crippen LogP contribution < -0.4 is 0 Å². The zero-order valence-electron chi connectivity index (χ0n) is 20.3. The van der Waals surface area contributed by atoms with E-state index in [4.69, 9.17) is 23.7 Å². The number of methoxy groups -OCH3 is 1. The van der Waals surface area contributed by atoms with Crippen molar-refractivity contribution in [1.29, 1.82) is 0 Å². The fourth-order valence-corrected chi connectivity index (χ4v) is 2.13. The third-order valence-corrected chi connectivity index (χ3v) is 4.21. The van der Waals surface area contributed by atoms with E-state index >= 15 is 0 Å². The number of hydrogen-bond donors (Lipinski definition) is 0. The lowest BCUT2D eigenvalue weighted by Gasteiger charge is -2.35. The number of rotatable bonds is 12. The number of hydrogen-bond acceptors (Lipinski definition) is 9. The molecule has 0 aliphatic carbocycles. The molecule has 0 saturated heterocycles. The third-order valence-electron chi connectivity index (χ3n) is 4.21. The maximum absolute atomic E-state index is 12.4. The van der Waals surface area contributed by atoms with Gasteiger partial charge in [-0.1, -0.05) is 55.4 Å². The first-order valence-corrected chi connectivity index (χ1v) is 10.6. The van der Waals surface area contributed by atoms with Gasteiger partial charge in [-0.15, -0.1) is 0 Å². The van der Waals surface area contributed by atoms with E-state index < -0.39 is 72.2 Å². The summed E-state index contributed by atoms with van der Waals surface area (Å²) in [5, 5.41) is 0. The Morgan fingerprint density at radius 3 is 1.16 bits per heavy atom. The van der Waals surface area contributed by atoms with Gasteiger partial charge < -0.3 is 23.7 Å².